The zero-order valence-corrected chi connectivity index (χ0v) is 18.4. The minimum absolute atomic E-state index is 0.0685. The first kappa shape index (κ1) is 20.9. The number of sulfone groups is 1. The number of carbonyl (C=O) groups is 1. The van der Waals surface area contributed by atoms with Crippen molar-refractivity contribution in [3.05, 3.63) is 41.6 Å². The Balaban J connectivity index is 1.77. The molecule has 0 radical (unpaired) electrons. The van der Waals surface area contributed by atoms with E-state index >= 15 is 0 Å². The average Bonchev–Trinajstić information content (AvgIpc) is 3.17. The molecule has 1 aromatic carbocycles. The fourth-order valence-electron chi connectivity index (χ4n) is 3.14. The van der Waals surface area contributed by atoms with Gasteiger partial charge in [0.1, 0.15) is 5.82 Å². The molecule has 1 atom stereocenters. The Bertz CT molecular complexity index is 975. The second kappa shape index (κ2) is 7.91. The molecule has 0 spiro atoms. The van der Waals surface area contributed by atoms with Gasteiger partial charge in [0.2, 0.25) is 5.91 Å². The molecule has 0 bridgehead atoms. The van der Waals surface area contributed by atoms with Crippen LogP contribution in [-0.2, 0) is 20.0 Å². The first-order chi connectivity index (χ1) is 13.0. The zero-order valence-electron chi connectivity index (χ0n) is 16.7. The maximum absolute atomic E-state index is 12.6. The topological polar surface area (TPSA) is 81.1 Å². The molecule has 8 heteroatoms. The van der Waals surface area contributed by atoms with E-state index in [1.165, 1.54) is 11.8 Å². The number of rotatable bonds is 5. The summed E-state index contributed by atoms with van der Waals surface area (Å²) in [6.45, 7) is 8.16. The van der Waals surface area contributed by atoms with E-state index in [1.54, 1.807) is 4.68 Å². The van der Waals surface area contributed by atoms with Crippen molar-refractivity contribution in [1.82, 2.24) is 9.78 Å². The van der Waals surface area contributed by atoms with Crippen molar-refractivity contribution < 1.29 is 13.2 Å². The molecule has 28 heavy (non-hydrogen) atoms. The molecule has 1 saturated heterocycles. The highest BCUT2D eigenvalue weighted by atomic mass is 32.2. The standard InChI is InChI=1S/C20H27N3O3S2/c1-14-7-5-6-8-16(14)27-12-19(24)21-18-11-17(20(2,3)4)22-23(18)15-9-10-28(25,26)13-15/h5-8,11,15H,9-10,12-13H2,1-4H3,(H,21,24)/t15-/m1/s1. The summed E-state index contributed by atoms with van der Waals surface area (Å²) in [7, 11) is -3.04. The number of amides is 1. The van der Waals surface area contributed by atoms with Gasteiger partial charge in [-0.15, -0.1) is 11.8 Å². The van der Waals surface area contributed by atoms with Crippen LogP contribution in [0.2, 0.25) is 0 Å². The fraction of sp³-hybridized carbons (Fsp3) is 0.500. The summed E-state index contributed by atoms with van der Waals surface area (Å²) in [6, 6.07) is 9.58. The predicted octanol–water partition coefficient (Wildman–Crippen LogP) is 3.58. The molecule has 1 aliphatic heterocycles. The summed E-state index contributed by atoms with van der Waals surface area (Å²) in [6.07, 6.45) is 0.522. The summed E-state index contributed by atoms with van der Waals surface area (Å²) in [4.78, 5) is 13.6. The van der Waals surface area contributed by atoms with Crippen LogP contribution in [-0.4, -0.2) is 41.4 Å². The van der Waals surface area contributed by atoms with Crippen molar-refractivity contribution in [2.45, 2.75) is 50.5 Å². The van der Waals surface area contributed by atoms with Gasteiger partial charge in [0, 0.05) is 16.4 Å². The maximum Gasteiger partial charge on any atom is 0.235 e. The van der Waals surface area contributed by atoms with Crippen molar-refractivity contribution in [3.63, 3.8) is 0 Å². The molecule has 1 aromatic heterocycles. The number of carbonyl (C=O) groups excluding carboxylic acids is 1. The smallest absolute Gasteiger partial charge is 0.235 e. The molecule has 1 aliphatic rings. The third-order valence-electron chi connectivity index (χ3n) is 4.78. The summed E-state index contributed by atoms with van der Waals surface area (Å²) in [5.74, 6) is 0.958. The molecule has 1 N–H and O–H groups in total. The Hall–Kier alpha value is -1.80. The number of thioether (sulfide) groups is 1. The van der Waals surface area contributed by atoms with Crippen LogP contribution in [0.25, 0.3) is 0 Å². The van der Waals surface area contributed by atoms with Crippen LogP contribution in [0.4, 0.5) is 5.82 Å². The van der Waals surface area contributed by atoms with E-state index in [9.17, 15) is 13.2 Å². The number of nitrogens with one attached hydrogen (secondary N) is 1. The van der Waals surface area contributed by atoms with Gasteiger partial charge in [-0.2, -0.15) is 5.10 Å². The largest absolute Gasteiger partial charge is 0.310 e. The van der Waals surface area contributed by atoms with Crippen molar-refractivity contribution >= 4 is 33.3 Å². The summed E-state index contributed by atoms with van der Waals surface area (Å²) >= 11 is 1.49. The number of aromatic nitrogens is 2. The van der Waals surface area contributed by atoms with Crippen LogP contribution < -0.4 is 5.32 Å². The molecule has 3 rings (SSSR count). The van der Waals surface area contributed by atoms with Crippen molar-refractivity contribution in [2.75, 3.05) is 22.6 Å². The van der Waals surface area contributed by atoms with Gasteiger partial charge < -0.3 is 5.32 Å². The lowest BCUT2D eigenvalue weighted by Gasteiger charge is -2.15. The Labute approximate surface area is 171 Å². The third kappa shape index (κ3) is 4.97. The van der Waals surface area contributed by atoms with Crippen LogP contribution in [0.3, 0.4) is 0 Å². The van der Waals surface area contributed by atoms with Gasteiger partial charge in [-0.1, -0.05) is 39.0 Å². The Kier molecular flexibility index (Phi) is 5.91. The van der Waals surface area contributed by atoms with E-state index in [-0.39, 0.29) is 34.6 Å². The lowest BCUT2D eigenvalue weighted by atomic mass is 9.92. The van der Waals surface area contributed by atoms with E-state index in [0.717, 1.165) is 16.2 Å². The summed E-state index contributed by atoms with van der Waals surface area (Å²) < 4.78 is 25.5. The first-order valence-electron chi connectivity index (χ1n) is 9.34. The molecule has 2 heterocycles. The van der Waals surface area contributed by atoms with Gasteiger partial charge in [0.25, 0.3) is 0 Å². The van der Waals surface area contributed by atoms with Gasteiger partial charge in [-0.05, 0) is 25.0 Å². The fourth-order valence-corrected chi connectivity index (χ4v) is 5.66. The molecule has 0 unspecified atom stereocenters. The van der Waals surface area contributed by atoms with Crippen molar-refractivity contribution in [1.29, 1.82) is 0 Å². The second-order valence-electron chi connectivity index (χ2n) is 8.27. The Morgan fingerprint density at radius 3 is 2.64 bits per heavy atom. The van der Waals surface area contributed by atoms with E-state index in [2.05, 4.69) is 10.4 Å². The van der Waals surface area contributed by atoms with E-state index < -0.39 is 9.84 Å². The minimum atomic E-state index is -3.04. The number of aryl methyl sites for hydroxylation is 1. The van der Waals surface area contributed by atoms with Gasteiger partial charge in [-0.25, -0.2) is 13.1 Å². The number of hydrogen-bond acceptors (Lipinski definition) is 5. The SMILES string of the molecule is Cc1ccccc1SCC(=O)Nc1cc(C(C)(C)C)nn1[C@@H]1CCS(=O)(=O)C1. The molecule has 152 valence electrons. The van der Waals surface area contributed by atoms with Crippen LogP contribution in [0, 0.1) is 6.92 Å². The Morgan fingerprint density at radius 2 is 2.04 bits per heavy atom. The predicted molar refractivity (Wildman–Crippen MR) is 114 cm³/mol. The lowest BCUT2D eigenvalue weighted by molar-refractivity contribution is -0.113. The highest BCUT2D eigenvalue weighted by molar-refractivity contribution is 8.00. The number of nitrogens with zero attached hydrogens (tertiary/aromatic N) is 2. The number of hydrogen-bond donors (Lipinski definition) is 1. The van der Waals surface area contributed by atoms with E-state index in [1.807, 2.05) is 58.0 Å². The van der Waals surface area contributed by atoms with Crippen LogP contribution in [0.15, 0.2) is 35.2 Å². The summed E-state index contributed by atoms with van der Waals surface area (Å²) in [5, 5.41) is 7.59. The van der Waals surface area contributed by atoms with Crippen LogP contribution >= 0.6 is 11.8 Å². The molecule has 1 amide bonds. The van der Waals surface area contributed by atoms with Gasteiger partial charge in [0.15, 0.2) is 9.84 Å². The third-order valence-corrected chi connectivity index (χ3v) is 7.70. The second-order valence-corrected chi connectivity index (χ2v) is 11.5. The van der Waals surface area contributed by atoms with Gasteiger partial charge in [0.05, 0.1) is 29.0 Å². The molecule has 0 saturated carbocycles. The number of anilines is 1. The van der Waals surface area contributed by atoms with Crippen molar-refractivity contribution in [2.24, 2.45) is 0 Å². The molecule has 1 fully saturated rings. The monoisotopic (exact) mass is 421 g/mol. The highest BCUT2D eigenvalue weighted by Gasteiger charge is 2.32. The lowest BCUT2D eigenvalue weighted by Crippen LogP contribution is -2.21. The highest BCUT2D eigenvalue weighted by Crippen LogP contribution is 2.31. The van der Waals surface area contributed by atoms with Crippen LogP contribution in [0.5, 0.6) is 0 Å². The molecule has 2 aromatic rings. The zero-order chi connectivity index (χ0) is 20.5. The maximum atomic E-state index is 12.6. The molecular formula is C20H27N3O3S2. The molecular weight excluding hydrogens is 394 g/mol. The summed E-state index contributed by atoms with van der Waals surface area (Å²) in [5.41, 5.74) is 1.77. The van der Waals surface area contributed by atoms with E-state index in [4.69, 9.17) is 0 Å². The van der Waals surface area contributed by atoms with E-state index in [0.29, 0.717) is 12.2 Å². The quantitative estimate of drug-likeness (QED) is 0.747. The van der Waals surface area contributed by atoms with Crippen LogP contribution in [0.1, 0.15) is 44.5 Å². The van der Waals surface area contributed by atoms with Crippen molar-refractivity contribution in [3.8, 4) is 0 Å². The Morgan fingerprint density at radius 1 is 1.32 bits per heavy atom. The number of benzene rings is 1. The normalized spacial score (nSPS) is 18.9. The average molecular weight is 422 g/mol. The minimum Gasteiger partial charge on any atom is -0.310 e. The van der Waals surface area contributed by atoms with Gasteiger partial charge in [-0.3, -0.25) is 4.79 Å². The molecule has 6 nitrogen and oxygen atoms in total. The first-order valence-corrected chi connectivity index (χ1v) is 12.1. The van der Waals surface area contributed by atoms with Gasteiger partial charge >= 0.3 is 0 Å². The molecule has 0 aliphatic carbocycles.